The molecule has 0 fully saturated rings. The van der Waals surface area contributed by atoms with E-state index in [1.165, 1.54) is 11.0 Å². The molecule has 0 unspecified atom stereocenters. The van der Waals surface area contributed by atoms with Crippen molar-refractivity contribution in [3.8, 4) is 0 Å². The minimum absolute atomic E-state index is 0.0984. The maximum absolute atomic E-state index is 12.5. The predicted molar refractivity (Wildman–Crippen MR) is 91.3 cm³/mol. The summed E-state index contributed by atoms with van der Waals surface area (Å²) in [6.45, 7) is 2.10. The lowest BCUT2D eigenvalue weighted by Gasteiger charge is -2.20. The van der Waals surface area contributed by atoms with Gasteiger partial charge in [0.2, 0.25) is 0 Å². The molecule has 118 valence electrons. The Labute approximate surface area is 135 Å². The highest BCUT2D eigenvalue weighted by atomic mass is 16.4. The number of anilines is 1. The number of carboxylic acids is 1. The van der Waals surface area contributed by atoms with Crippen molar-refractivity contribution in [2.45, 2.75) is 13.3 Å². The molecule has 0 aliphatic heterocycles. The fourth-order valence-electron chi connectivity index (χ4n) is 2.12. The van der Waals surface area contributed by atoms with Gasteiger partial charge in [0.15, 0.2) is 0 Å². The minimum Gasteiger partial charge on any atom is -0.481 e. The van der Waals surface area contributed by atoms with E-state index in [9.17, 15) is 9.59 Å². The monoisotopic (exact) mass is 309 g/mol. The molecular formula is C19H19NO3. The second-order valence-electron chi connectivity index (χ2n) is 5.21. The number of benzene rings is 2. The third-order valence-corrected chi connectivity index (χ3v) is 3.38. The zero-order chi connectivity index (χ0) is 16.7. The summed E-state index contributed by atoms with van der Waals surface area (Å²) in [7, 11) is 0. The summed E-state index contributed by atoms with van der Waals surface area (Å²) >= 11 is 0. The van der Waals surface area contributed by atoms with E-state index in [-0.39, 0.29) is 18.9 Å². The van der Waals surface area contributed by atoms with E-state index in [0.717, 1.165) is 11.1 Å². The highest BCUT2D eigenvalue weighted by Gasteiger charge is 2.14. The Hall–Kier alpha value is -2.88. The number of carbonyl (C=O) groups excluding carboxylic acids is 1. The first-order chi connectivity index (χ1) is 11.1. The van der Waals surface area contributed by atoms with E-state index in [4.69, 9.17) is 5.11 Å². The van der Waals surface area contributed by atoms with Gasteiger partial charge in [0.1, 0.15) is 0 Å². The highest BCUT2D eigenvalue weighted by molar-refractivity contribution is 6.04. The Balaban J connectivity index is 2.18. The molecule has 0 saturated heterocycles. The SMILES string of the molecule is Cc1ccc(N(CCC(=O)O)C(=O)/C=C/c2ccccc2)cc1. The predicted octanol–water partition coefficient (Wildman–Crippen LogP) is 3.52. The molecule has 4 heteroatoms. The van der Waals surface area contributed by atoms with Gasteiger partial charge in [-0.25, -0.2) is 0 Å². The van der Waals surface area contributed by atoms with Crippen molar-refractivity contribution in [3.05, 3.63) is 71.8 Å². The van der Waals surface area contributed by atoms with Crippen LogP contribution in [0.15, 0.2) is 60.7 Å². The van der Waals surface area contributed by atoms with Crippen molar-refractivity contribution >= 4 is 23.6 Å². The van der Waals surface area contributed by atoms with Gasteiger partial charge in [0, 0.05) is 18.3 Å². The molecule has 23 heavy (non-hydrogen) atoms. The summed E-state index contributed by atoms with van der Waals surface area (Å²) in [6.07, 6.45) is 3.10. The van der Waals surface area contributed by atoms with Crippen molar-refractivity contribution in [1.29, 1.82) is 0 Å². The molecule has 2 aromatic carbocycles. The number of aliphatic carboxylic acids is 1. The summed E-state index contributed by atoms with van der Waals surface area (Å²) in [6, 6.07) is 16.9. The number of rotatable bonds is 6. The second kappa shape index (κ2) is 7.94. The lowest BCUT2D eigenvalue weighted by atomic mass is 10.2. The molecule has 2 rings (SSSR count). The second-order valence-corrected chi connectivity index (χ2v) is 5.21. The van der Waals surface area contributed by atoms with E-state index < -0.39 is 5.97 Å². The van der Waals surface area contributed by atoms with Crippen LogP contribution in [0.3, 0.4) is 0 Å². The normalized spacial score (nSPS) is 10.7. The maximum atomic E-state index is 12.5. The van der Waals surface area contributed by atoms with Crippen LogP contribution in [0.5, 0.6) is 0 Å². The van der Waals surface area contributed by atoms with Gasteiger partial charge in [0.25, 0.3) is 5.91 Å². The lowest BCUT2D eigenvalue weighted by Crippen LogP contribution is -2.31. The first-order valence-electron chi connectivity index (χ1n) is 7.39. The van der Waals surface area contributed by atoms with Gasteiger partial charge in [-0.2, -0.15) is 0 Å². The zero-order valence-electron chi connectivity index (χ0n) is 13.0. The number of carboxylic acid groups (broad SMARTS) is 1. The third-order valence-electron chi connectivity index (χ3n) is 3.38. The minimum atomic E-state index is -0.929. The maximum Gasteiger partial charge on any atom is 0.305 e. The topological polar surface area (TPSA) is 57.6 Å². The average Bonchev–Trinajstić information content (AvgIpc) is 2.55. The van der Waals surface area contributed by atoms with Gasteiger partial charge in [-0.3, -0.25) is 9.59 Å². The van der Waals surface area contributed by atoms with Crippen molar-refractivity contribution in [1.82, 2.24) is 0 Å². The number of amides is 1. The lowest BCUT2D eigenvalue weighted by molar-refractivity contribution is -0.136. The molecule has 4 nitrogen and oxygen atoms in total. The molecule has 0 aliphatic rings. The number of carbonyl (C=O) groups is 2. The van der Waals surface area contributed by atoms with Crippen LogP contribution in [0, 0.1) is 6.92 Å². The van der Waals surface area contributed by atoms with E-state index in [0.29, 0.717) is 5.69 Å². The van der Waals surface area contributed by atoms with Gasteiger partial charge in [-0.05, 0) is 30.7 Å². The number of nitrogens with zero attached hydrogens (tertiary/aromatic N) is 1. The molecule has 0 saturated carbocycles. The fraction of sp³-hybridized carbons (Fsp3) is 0.158. The number of aryl methyl sites for hydroxylation is 1. The summed E-state index contributed by atoms with van der Waals surface area (Å²) in [5.41, 5.74) is 2.70. The Morgan fingerprint density at radius 3 is 2.30 bits per heavy atom. The Bertz CT molecular complexity index is 690. The van der Waals surface area contributed by atoms with Crippen LogP contribution >= 0.6 is 0 Å². The Morgan fingerprint density at radius 2 is 1.70 bits per heavy atom. The van der Waals surface area contributed by atoms with Crippen molar-refractivity contribution in [3.63, 3.8) is 0 Å². The Morgan fingerprint density at radius 1 is 1.04 bits per heavy atom. The fourth-order valence-corrected chi connectivity index (χ4v) is 2.12. The molecule has 0 radical (unpaired) electrons. The first-order valence-corrected chi connectivity index (χ1v) is 7.39. The van der Waals surface area contributed by atoms with Crippen LogP contribution in [0.2, 0.25) is 0 Å². The van der Waals surface area contributed by atoms with Gasteiger partial charge in [-0.15, -0.1) is 0 Å². The van der Waals surface area contributed by atoms with Crippen LogP contribution in [0.25, 0.3) is 6.08 Å². The van der Waals surface area contributed by atoms with Crippen LogP contribution in [0.4, 0.5) is 5.69 Å². The largest absolute Gasteiger partial charge is 0.481 e. The molecule has 2 aromatic rings. The van der Waals surface area contributed by atoms with Crippen molar-refractivity contribution < 1.29 is 14.7 Å². The number of hydrogen-bond donors (Lipinski definition) is 1. The highest BCUT2D eigenvalue weighted by Crippen LogP contribution is 2.16. The summed E-state index contributed by atoms with van der Waals surface area (Å²) < 4.78 is 0. The van der Waals surface area contributed by atoms with E-state index in [2.05, 4.69) is 0 Å². The summed E-state index contributed by atoms with van der Waals surface area (Å²) in [5, 5.41) is 8.89. The molecule has 0 atom stereocenters. The third kappa shape index (κ3) is 5.11. The Kier molecular flexibility index (Phi) is 5.69. The van der Waals surface area contributed by atoms with Gasteiger partial charge < -0.3 is 10.0 Å². The zero-order valence-corrected chi connectivity index (χ0v) is 13.0. The van der Waals surface area contributed by atoms with E-state index in [1.54, 1.807) is 6.08 Å². The van der Waals surface area contributed by atoms with Crippen LogP contribution in [-0.2, 0) is 9.59 Å². The summed E-state index contributed by atoms with van der Waals surface area (Å²) in [5.74, 6) is -1.17. The molecule has 1 amide bonds. The quantitative estimate of drug-likeness (QED) is 0.831. The average molecular weight is 309 g/mol. The van der Waals surface area contributed by atoms with Gasteiger partial charge >= 0.3 is 5.97 Å². The van der Waals surface area contributed by atoms with E-state index >= 15 is 0 Å². The molecule has 0 heterocycles. The van der Waals surface area contributed by atoms with Crippen LogP contribution in [0.1, 0.15) is 17.5 Å². The number of hydrogen-bond acceptors (Lipinski definition) is 2. The van der Waals surface area contributed by atoms with Gasteiger partial charge in [-0.1, -0.05) is 48.0 Å². The smallest absolute Gasteiger partial charge is 0.305 e. The van der Waals surface area contributed by atoms with Crippen LogP contribution in [-0.4, -0.2) is 23.5 Å². The molecular weight excluding hydrogens is 290 g/mol. The van der Waals surface area contributed by atoms with Crippen molar-refractivity contribution in [2.75, 3.05) is 11.4 Å². The van der Waals surface area contributed by atoms with Gasteiger partial charge in [0.05, 0.1) is 6.42 Å². The molecule has 0 bridgehead atoms. The molecule has 0 aromatic heterocycles. The molecule has 1 N–H and O–H groups in total. The standard InChI is InChI=1S/C19H19NO3/c1-15-7-10-17(11-8-15)20(14-13-19(22)23)18(21)12-9-16-5-3-2-4-6-16/h2-12H,13-14H2,1H3,(H,22,23)/b12-9+. The summed E-state index contributed by atoms with van der Waals surface area (Å²) in [4.78, 5) is 24.8. The first kappa shape index (κ1) is 16.5. The molecule has 0 spiro atoms. The van der Waals surface area contributed by atoms with E-state index in [1.807, 2.05) is 61.5 Å². The molecule has 0 aliphatic carbocycles. The van der Waals surface area contributed by atoms with Crippen molar-refractivity contribution in [2.24, 2.45) is 0 Å². The van der Waals surface area contributed by atoms with Crippen LogP contribution < -0.4 is 4.90 Å².